The molecule has 21 heavy (non-hydrogen) atoms. The number of hydrogen-bond donors (Lipinski definition) is 1. The summed E-state index contributed by atoms with van der Waals surface area (Å²) in [6.45, 7) is 5.82. The molecule has 0 saturated carbocycles. The normalized spacial score (nSPS) is 12.5. The Kier molecular flexibility index (Phi) is 4.30. The molecule has 2 rings (SSSR count). The highest BCUT2D eigenvalue weighted by atomic mass is 79.9. The summed E-state index contributed by atoms with van der Waals surface area (Å²) in [5.41, 5.74) is -1.01. The lowest BCUT2D eigenvalue weighted by molar-refractivity contribution is -0.137. The van der Waals surface area contributed by atoms with Crippen LogP contribution in [-0.2, 0) is 6.18 Å². The van der Waals surface area contributed by atoms with Gasteiger partial charge in [-0.2, -0.15) is 22.5 Å². The molecule has 0 aliphatic rings. The maximum Gasteiger partial charge on any atom is 0.417 e. The summed E-state index contributed by atoms with van der Waals surface area (Å²) in [4.78, 5) is 4.15. The van der Waals surface area contributed by atoms with Crippen molar-refractivity contribution in [1.29, 1.82) is 0 Å². The van der Waals surface area contributed by atoms with Gasteiger partial charge in [0.15, 0.2) is 5.82 Å². The van der Waals surface area contributed by atoms with Crippen LogP contribution < -0.4 is 5.32 Å². The molecule has 2 aromatic rings. The molecule has 3 nitrogen and oxygen atoms in total. The fourth-order valence-electron chi connectivity index (χ4n) is 1.65. The maximum atomic E-state index is 13.1. The number of rotatable bonds is 2. The monoisotopic (exact) mass is 379 g/mol. The molecule has 1 aromatic heterocycles. The molecule has 0 aliphatic carbocycles. The molecule has 0 bridgehead atoms. The minimum atomic E-state index is -4.46. The van der Waals surface area contributed by atoms with E-state index in [0.717, 1.165) is 17.6 Å². The van der Waals surface area contributed by atoms with Crippen molar-refractivity contribution in [3.8, 4) is 11.4 Å². The average molecular weight is 380 g/mol. The Balaban J connectivity index is 2.43. The predicted molar refractivity (Wildman–Crippen MR) is 81.4 cm³/mol. The van der Waals surface area contributed by atoms with Crippen molar-refractivity contribution < 1.29 is 13.2 Å². The molecule has 1 aromatic carbocycles. The van der Waals surface area contributed by atoms with Crippen molar-refractivity contribution in [3.05, 3.63) is 28.2 Å². The number of nitrogens with one attached hydrogen (secondary N) is 1. The van der Waals surface area contributed by atoms with Crippen LogP contribution in [0.25, 0.3) is 11.4 Å². The predicted octanol–water partition coefficient (Wildman–Crippen LogP) is 5.20. The first-order valence-electron chi connectivity index (χ1n) is 6.05. The first kappa shape index (κ1) is 16.2. The molecule has 0 saturated heterocycles. The number of aromatic nitrogens is 2. The summed E-state index contributed by atoms with van der Waals surface area (Å²) in [5.74, 6) is 0.0755. The third-order valence-corrected chi connectivity index (χ3v) is 3.56. The quantitative estimate of drug-likeness (QED) is 0.779. The van der Waals surface area contributed by atoms with E-state index >= 15 is 0 Å². The zero-order chi connectivity index (χ0) is 15.8. The Hall–Kier alpha value is -1.15. The van der Waals surface area contributed by atoms with Crippen molar-refractivity contribution in [2.75, 3.05) is 5.32 Å². The van der Waals surface area contributed by atoms with Crippen LogP contribution in [0.4, 0.5) is 18.3 Å². The summed E-state index contributed by atoms with van der Waals surface area (Å²) >= 11 is 4.10. The Bertz CT molecular complexity index is 647. The molecule has 1 N–H and O–H groups in total. The largest absolute Gasteiger partial charge is 0.417 e. The molecule has 0 spiro atoms. The van der Waals surface area contributed by atoms with Crippen molar-refractivity contribution >= 4 is 32.6 Å². The summed E-state index contributed by atoms with van der Waals surface area (Å²) < 4.78 is 43.7. The Morgan fingerprint density at radius 1 is 1.19 bits per heavy atom. The van der Waals surface area contributed by atoms with Crippen LogP contribution in [0.3, 0.4) is 0 Å². The van der Waals surface area contributed by atoms with Crippen LogP contribution >= 0.6 is 27.5 Å². The van der Waals surface area contributed by atoms with Gasteiger partial charge in [-0.3, -0.25) is 0 Å². The third-order valence-electron chi connectivity index (χ3n) is 2.44. The fourth-order valence-corrected chi connectivity index (χ4v) is 2.80. The van der Waals surface area contributed by atoms with Gasteiger partial charge in [0, 0.05) is 27.1 Å². The number of alkyl halides is 3. The van der Waals surface area contributed by atoms with Gasteiger partial charge < -0.3 is 5.32 Å². The van der Waals surface area contributed by atoms with E-state index in [9.17, 15) is 13.2 Å². The van der Waals surface area contributed by atoms with Crippen LogP contribution in [0, 0.1) is 0 Å². The Morgan fingerprint density at radius 3 is 2.43 bits per heavy atom. The summed E-state index contributed by atoms with van der Waals surface area (Å²) in [5, 5.41) is 3.59. The zero-order valence-electron chi connectivity index (χ0n) is 11.5. The van der Waals surface area contributed by atoms with E-state index in [1.54, 1.807) is 6.07 Å². The number of anilines is 1. The highest BCUT2D eigenvalue weighted by Crippen LogP contribution is 2.38. The van der Waals surface area contributed by atoms with Crippen LogP contribution in [0.1, 0.15) is 26.3 Å². The second-order valence-electron chi connectivity index (χ2n) is 5.49. The fraction of sp³-hybridized carbons (Fsp3) is 0.385. The lowest BCUT2D eigenvalue weighted by Gasteiger charge is -2.18. The minimum absolute atomic E-state index is 0.0242. The van der Waals surface area contributed by atoms with E-state index in [0.29, 0.717) is 9.60 Å². The lowest BCUT2D eigenvalue weighted by atomic mass is 10.1. The smallest absolute Gasteiger partial charge is 0.356 e. The maximum absolute atomic E-state index is 13.1. The Labute approximate surface area is 132 Å². The van der Waals surface area contributed by atoms with Crippen molar-refractivity contribution in [1.82, 2.24) is 9.36 Å². The van der Waals surface area contributed by atoms with E-state index in [-0.39, 0.29) is 16.9 Å². The first-order valence-corrected chi connectivity index (χ1v) is 7.62. The third kappa shape index (κ3) is 4.16. The van der Waals surface area contributed by atoms with Gasteiger partial charge in [0.25, 0.3) is 0 Å². The van der Waals surface area contributed by atoms with Crippen LogP contribution in [0.15, 0.2) is 22.7 Å². The van der Waals surface area contributed by atoms with E-state index in [1.165, 1.54) is 6.07 Å². The SMILES string of the molecule is CC(C)(C)Nc1nc(-c2ccc(Br)cc2C(F)(F)F)ns1. The summed E-state index contributed by atoms with van der Waals surface area (Å²) in [6.07, 6.45) is -4.46. The molecule has 0 aliphatic heterocycles. The molecule has 0 radical (unpaired) electrons. The highest BCUT2D eigenvalue weighted by molar-refractivity contribution is 9.10. The lowest BCUT2D eigenvalue weighted by Crippen LogP contribution is -2.25. The van der Waals surface area contributed by atoms with Gasteiger partial charge in [-0.25, -0.2) is 0 Å². The molecule has 114 valence electrons. The van der Waals surface area contributed by atoms with Crippen LogP contribution in [0.5, 0.6) is 0 Å². The summed E-state index contributed by atoms with van der Waals surface area (Å²) in [6, 6.07) is 3.95. The van der Waals surface area contributed by atoms with Crippen LogP contribution in [0.2, 0.25) is 0 Å². The number of hydrogen-bond acceptors (Lipinski definition) is 4. The molecule has 0 fully saturated rings. The van der Waals surface area contributed by atoms with Crippen molar-refractivity contribution in [2.24, 2.45) is 0 Å². The van der Waals surface area contributed by atoms with Gasteiger partial charge in [0.1, 0.15) is 0 Å². The van der Waals surface area contributed by atoms with E-state index in [1.807, 2.05) is 20.8 Å². The van der Waals surface area contributed by atoms with E-state index in [4.69, 9.17) is 0 Å². The van der Waals surface area contributed by atoms with Crippen molar-refractivity contribution in [2.45, 2.75) is 32.5 Å². The Morgan fingerprint density at radius 2 is 1.86 bits per heavy atom. The summed E-state index contributed by atoms with van der Waals surface area (Å²) in [7, 11) is 0. The number of benzene rings is 1. The molecule has 0 atom stereocenters. The van der Waals surface area contributed by atoms with E-state index < -0.39 is 11.7 Å². The van der Waals surface area contributed by atoms with Gasteiger partial charge in [-0.05, 0) is 39.0 Å². The molecule has 0 amide bonds. The van der Waals surface area contributed by atoms with Crippen LogP contribution in [-0.4, -0.2) is 14.9 Å². The number of halogens is 4. The van der Waals surface area contributed by atoms with Gasteiger partial charge in [0.2, 0.25) is 5.13 Å². The number of nitrogens with zero attached hydrogens (tertiary/aromatic N) is 2. The van der Waals surface area contributed by atoms with Gasteiger partial charge in [-0.1, -0.05) is 15.9 Å². The molecule has 1 heterocycles. The molecular formula is C13H13BrF3N3S. The van der Waals surface area contributed by atoms with Gasteiger partial charge in [-0.15, -0.1) is 0 Å². The van der Waals surface area contributed by atoms with Gasteiger partial charge in [0.05, 0.1) is 5.56 Å². The van der Waals surface area contributed by atoms with Crippen molar-refractivity contribution in [3.63, 3.8) is 0 Å². The topological polar surface area (TPSA) is 37.8 Å². The second kappa shape index (κ2) is 5.57. The second-order valence-corrected chi connectivity index (χ2v) is 7.15. The average Bonchev–Trinajstić information content (AvgIpc) is 2.73. The molecular weight excluding hydrogens is 367 g/mol. The highest BCUT2D eigenvalue weighted by Gasteiger charge is 2.35. The zero-order valence-corrected chi connectivity index (χ0v) is 13.9. The van der Waals surface area contributed by atoms with Gasteiger partial charge >= 0.3 is 6.18 Å². The minimum Gasteiger partial charge on any atom is -0.356 e. The molecule has 0 unspecified atom stereocenters. The standard InChI is InChI=1S/C13H13BrF3N3S/c1-12(2,3)19-11-18-10(20-21-11)8-5-4-7(14)6-9(8)13(15,16)17/h4-6H,1-3H3,(H,18,19,20). The van der Waals surface area contributed by atoms with E-state index in [2.05, 4.69) is 30.6 Å². The first-order chi connectivity index (χ1) is 9.56. The molecule has 8 heteroatoms.